The van der Waals surface area contributed by atoms with Crippen molar-refractivity contribution in [2.45, 2.75) is 18.9 Å². The average Bonchev–Trinajstić information content (AvgIpc) is 2.04. The molecule has 0 aromatic carbocycles. The molecule has 1 aliphatic rings. The van der Waals surface area contributed by atoms with E-state index in [1.165, 1.54) is 0 Å². The fourth-order valence-corrected chi connectivity index (χ4v) is 2.34. The molecular formula is C8H18N2OS. The van der Waals surface area contributed by atoms with Gasteiger partial charge >= 0.3 is 0 Å². The number of nitrogens with zero attached hydrogens (tertiary/aromatic N) is 2. The molecule has 0 spiro atoms. The molecular weight excluding hydrogens is 172 g/mol. The lowest BCUT2D eigenvalue weighted by Gasteiger charge is -2.33. The largest absolute Gasteiger partial charge is 0.306 e. The Morgan fingerprint density at radius 1 is 1.33 bits per heavy atom. The number of rotatable bonds is 2. The average molecular weight is 190 g/mol. The highest BCUT2D eigenvalue weighted by molar-refractivity contribution is 7.81. The summed E-state index contributed by atoms with van der Waals surface area (Å²) < 4.78 is 13.1. The highest BCUT2D eigenvalue weighted by Crippen LogP contribution is 2.14. The first-order chi connectivity index (χ1) is 5.61. The van der Waals surface area contributed by atoms with E-state index in [4.69, 9.17) is 0 Å². The Morgan fingerprint density at radius 2 is 1.83 bits per heavy atom. The van der Waals surface area contributed by atoms with Crippen molar-refractivity contribution < 1.29 is 4.21 Å². The Hall–Kier alpha value is 0.0700. The Morgan fingerprint density at radius 3 is 2.17 bits per heavy atom. The Labute approximate surface area is 77.3 Å². The van der Waals surface area contributed by atoms with Crippen LogP contribution in [-0.4, -0.2) is 52.9 Å². The minimum atomic E-state index is -0.765. The number of hydrogen-bond acceptors (Lipinski definition) is 2. The second kappa shape index (κ2) is 4.35. The molecule has 1 atom stereocenters. The summed E-state index contributed by atoms with van der Waals surface area (Å²) in [6, 6.07) is 0.685. The number of hydrogen-bond donors (Lipinski definition) is 0. The zero-order chi connectivity index (χ0) is 9.14. The third kappa shape index (κ3) is 2.54. The van der Waals surface area contributed by atoms with Crippen molar-refractivity contribution in [3.05, 3.63) is 0 Å². The maximum atomic E-state index is 11.1. The van der Waals surface area contributed by atoms with Gasteiger partial charge in [-0.2, -0.15) is 0 Å². The Bertz CT molecular complexity index is 164. The van der Waals surface area contributed by atoms with Crippen LogP contribution in [0.25, 0.3) is 0 Å². The normalized spacial score (nSPS) is 24.7. The second-order valence-corrected chi connectivity index (χ2v) is 4.91. The maximum Gasteiger partial charge on any atom is 0.0910 e. The standard InChI is InChI=1S/C8H18N2OS/c1-9(2)8-4-6-10(7-5-8)12(3)11/h8H,4-7H2,1-3H3. The summed E-state index contributed by atoms with van der Waals surface area (Å²) in [6.07, 6.45) is 4.05. The van der Waals surface area contributed by atoms with Gasteiger partial charge in [-0.25, -0.2) is 8.51 Å². The van der Waals surface area contributed by atoms with E-state index in [-0.39, 0.29) is 0 Å². The lowest BCUT2D eigenvalue weighted by molar-refractivity contribution is 0.200. The van der Waals surface area contributed by atoms with Gasteiger partial charge in [0.05, 0.1) is 11.0 Å². The molecule has 12 heavy (non-hydrogen) atoms. The van der Waals surface area contributed by atoms with Crippen molar-refractivity contribution in [1.82, 2.24) is 9.21 Å². The monoisotopic (exact) mass is 190 g/mol. The molecule has 1 unspecified atom stereocenters. The molecule has 0 aliphatic carbocycles. The van der Waals surface area contributed by atoms with Crippen molar-refractivity contribution in [2.24, 2.45) is 0 Å². The molecule has 1 rings (SSSR count). The summed E-state index contributed by atoms with van der Waals surface area (Å²) in [6.45, 7) is 1.96. The van der Waals surface area contributed by atoms with E-state index in [2.05, 4.69) is 19.0 Å². The molecule has 1 aliphatic heterocycles. The molecule has 1 fully saturated rings. The molecule has 0 bridgehead atoms. The molecule has 1 saturated heterocycles. The van der Waals surface area contributed by atoms with Gasteiger partial charge in [-0.1, -0.05) is 0 Å². The van der Waals surface area contributed by atoms with Crippen molar-refractivity contribution >= 4 is 11.0 Å². The third-order valence-corrected chi connectivity index (χ3v) is 3.61. The van der Waals surface area contributed by atoms with E-state index in [1.807, 2.05) is 4.31 Å². The summed E-state index contributed by atoms with van der Waals surface area (Å²) >= 11 is 0. The summed E-state index contributed by atoms with van der Waals surface area (Å²) in [5.41, 5.74) is 0. The topological polar surface area (TPSA) is 23.6 Å². The second-order valence-electron chi connectivity index (χ2n) is 3.55. The predicted octanol–water partition coefficient (Wildman–Crippen LogP) is 0.306. The van der Waals surface area contributed by atoms with Crippen LogP contribution in [0.15, 0.2) is 0 Å². The van der Waals surface area contributed by atoms with Crippen LogP contribution in [0.5, 0.6) is 0 Å². The summed E-state index contributed by atoms with van der Waals surface area (Å²) in [4.78, 5) is 2.26. The lowest BCUT2D eigenvalue weighted by Crippen LogP contribution is -2.42. The highest BCUT2D eigenvalue weighted by Gasteiger charge is 2.21. The number of piperidine rings is 1. The summed E-state index contributed by atoms with van der Waals surface area (Å²) in [5.74, 6) is 0. The van der Waals surface area contributed by atoms with Crippen LogP contribution in [0, 0.1) is 0 Å². The van der Waals surface area contributed by atoms with Gasteiger partial charge in [0.2, 0.25) is 0 Å². The van der Waals surface area contributed by atoms with Gasteiger partial charge in [0.1, 0.15) is 0 Å². The molecule has 0 aromatic rings. The van der Waals surface area contributed by atoms with Gasteiger partial charge in [-0.15, -0.1) is 0 Å². The summed E-state index contributed by atoms with van der Waals surface area (Å²) in [7, 11) is 3.46. The quantitative estimate of drug-likeness (QED) is 0.625. The van der Waals surface area contributed by atoms with Gasteiger partial charge < -0.3 is 4.90 Å². The van der Waals surface area contributed by atoms with Gasteiger partial charge in [0, 0.05) is 25.4 Å². The van der Waals surface area contributed by atoms with E-state index >= 15 is 0 Å². The van der Waals surface area contributed by atoms with E-state index < -0.39 is 11.0 Å². The van der Waals surface area contributed by atoms with Crippen molar-refractivity contribution in [2.75, 3.05) is 33.4 Å². The minimum absolute atomic E-state index is 0.685. The molecule has 72 valence electrons. The molecule has 0 amide bonds. The Balaban J connectivity index is 2.34. The SMILES string of the molecule is CN(C)C1CCN(S(C)=O)CC1. The Kier molecular flexibility index (Phi) is 3.68. The van der Waals surface area contributed by atoms with Gasteiger partial charge in [0.25, 0.3) is 0 Å². The first-order valence-electron chi connectivity index (χ1n) is 4.36. The van der Waals surface area contributed by atoms with Crippen LogP contribution in [-0.2, 0) is 11.0 Å². The van der Waals surface area contributed by atoms with Crippen LogP contribution < -0.4 is 0 Å². The highest BCUT2D eigenvalue weighted by atomic mass is 32.2. The van der Waals surface area contributed by atoms with E-state index in [0.29, 0.717) is 6.04 Å². The lowest BCUT2D eigenvalue weighted by atomic mass is 10.1. The smallest absolute Gasteiger partial charge is 0.0910 e. The van der Waals surface area contributed by atoms with Crippen LogP contribution >= 0.6 is 0 Å². The van der Waals surface area contributed by atoms with Crippen molar-refractivity contribution in [1.29, 1.82) is 0 Å². The summed E-state index contributed by atoms with van der Waals surface area (Å²) in [5, 5.41) is 0. The zero-order valence-electron chi connectivity index (χ0n) is 8.12. The fourth-order valence-electron chi connectivity index (χ4n) is 1.62. The first-order valence-corrected chi connectivity index (χ1v) is 5.87. The van der Waals surface area contributed by atoms with Crippen molar-refractivity contribution in [3.63, 3.8) is 0 Å². The van der Waals surface area contributed by atoms with Gasteiger partial charge in [-0.3, -0.25) is 0 Å². The molecule has 0 radical (unpaired) electrons. The van der Waals surface area contributed by atoms with E-state index in [1.54, 1.807) is 6.26 Å². The molecule has 4 heteroatoms. The van der Waals surface area contributed by atoms with E-state index in [9.17, 15) is 4.21 Å². The molecule has 0 N–H and O–H groups in total. The maximum absolute atomic E-state index is 11.1. The van der Waals surface area contributed by atoms with Crippen molar-refractivity contribution in [3.8, 4) is 0 Å². The van der Waals surface area contributed by atoms with Crippen LogP contribution in [0.3, 0.4) is 0 Å². The van der Waals surface area contributed by atoms with Gasteiger partial charge in [-0.05, 0) is 26.9 Å². The fraction of sp³-hybridized carbons (Fsp3) is 1.00. The van der Waals surface area contributed by atoms with E-state index in [0.717, 1.165) is 25.9 Å². The predicted molar refractivity (Wildman–Crippen MR) is 52.3 cm³/mol. The molecule has 0 saturated carbocycles. The van der Waals surface area contributed by atoms with Crippen LogP contribution in [0.1, 0.15) is 12.8 Å². The molecule has 3 nitrogen and oxygen atoms in total. The first kappa shape index (κ1) is 10.2. The minimum Gasteiger partial charge on any atom is -0.306 e. The van der Waals surface area contributed by atoms with Gasteiger partial charge in [0.15, 0.2) is 0 Å². The third-order valence-electron chi connectivity index (χ3n) is 2.52. The molecule has 0 aromatic heterocycles. The molecule has 1 heterocycles. The van der Waals surface area contributed by atoms with Crippen LogP contribution in [0.4, 0.5) is 0 Å². The zero-order valence-corrected chi connectivity index (χ0v) is 8.93. The van der Waals surface area contributed by atoms with Crippen LogP contribution in [0.2, 0.25) is 0 Å².